The first-order chi connectivity index (χ1) is 8.65. The van der Waals surface area contributed by atoms with E-state index in [0.29, 0.717) is 0 Å². The topological polar surface area (TPSA) is 12.0 Å². The highest BCUT2D eigenvalue weighted by Crippen LogP contribution is 2.22. The van der Waals surface area contributed by atoms with Crippen molar-refractivity contribution in [3.63, 3.8) is 0 Å². The largest absolute Gasteiger partial charge is 0.312 e. The van der Waals surface area contributed by atoms with Crippen molar-refractivity contribution in [1.29, 1.82) is 0 Å². The lowest BCUT2D eigenvalue weighted by atomic mass is 10.1. The molecular formula is C14H15BrClNS. The van der Waals surface area contributed by atoms with E-state index in [0.717, 1.165) is 30.1 Å². The smallest absolute Gasteiger partial charge is 0.0701 e. The van der Waals surface area contributed by atoms with Crippen molar-refractivity contribution < 1.29 is 0 Å². The summed E-state index contributed by atoms with van der Waals surface area (Å²) in [5.41, 5.74) is 2.36. The summed E-state index contributed by atoms with van der Waals surface area (Å²) in [6, 6.07) is 10.5. The Hall–Kier alpha value is -0.350. The number of rotatable bonds is 5. The second-order valence-corrected chi connectivity index (χ2v) is 7.17. The van der Waals surface area contributed by atoms with Gasteiger partial charge in [0.1, 0.15) is 0 Å². The number of benzene rings is 1. The summed E-state index contributed by atoms with van der Waals surface area (Å²) in [7, 11) is 0. The van der Waals surface area contributed by atoms with Gasteiger partial charge < -0.3 is 5.32 Å². The number of aryl methyl sites for hydroxylation is 1. The van der Waals surface area contributed by atoms with Crippen molar-refractivity contribution in [3.05, 3.63) is 55.1 Å². The Morgan fingerprint density at radius 3 is 2.78 bits per heavy atom. The van der Waals surface area contributed by atoms with Crippen molar-refractivity contribution in [2.45, 2.75) is 19.9 Å². The van der Waals surface area contributed by atoms with Crippen LogP contribution in [0.1, 0.15) is 16.0 Å². The number of halogens is 2. The van der Waals surface area contributed by atoms with Crippen LogP contribution in [-0.2, 0) is 13.0 Å². The molecule has 0 radical (unpaired) electrons. The monoisotopic (exact) mass is 343 g/mol. The molecule has 1 nitrogen and oxygen atoms in total. The first kappa shape index (κ1) is 14.1. The third-order valence-electron chi connectivity index (χ3n) is 2.74. The summed E-state index contributed by atoms with van der Waals surface area (Å²) < 4.78 is 1.20. The zero-order valence-electron chi connectivity index (χ0n) is 10.2. The molecule has 0 fully saturated rings. The molecule has 0 aliphatic carbocycles. The van der Waals surface area contributed by atoms with Gasteiger partial charge in [-0.25, -0.2) is 0 Å². The molecule has 96 valence electrons. The van der Waals surface area contributed by atoms with E-state index < -0.39 is 0 Å². The average Bonchev–Trinajstić information content (AvgIpc) is 2.75. The number of nitrogens with one attached hydrogen (secondary N) is 1. The molecule has 0 spiro atoms. The summed E-state index contributed by atoms with van der Waals surface area (Å²) >= 11 is 11.4. The van der Waals surface area contributed by atoms with E-state index in [4.69, 9.17) is 11.6 Å². The average molecular weight is 345 g/mol. The van der Waals surface area contributed by atoms with E-state index in [1.54, 1.807) is 11.3 Å². The quantitative estimate of drug-likeness (QED) is 0.768. The van der Waals surface area contributed by atoms with Gasteiger partial charge in [-0.3, -0.25) is 0 Å². The van der Waals surface area contributed by atoms with Crippen molar-refractivity contribution in [2.75, 3.05) is 6.54 Å². The van der Waals surface area contributed by atoms with Crippen LogP contribution in [0.3, 0.4) is 0 Å². The molecule has 0 atom stereocenters. The Labute approximate surface area is 125 Å². The van der Waals surface area contributed by atoms with E-state index >= 15 is 0 Å². The summed E-state index contributed by atoms with van der Waals surface area (Å²) in [6.07, 6.45) is 1.07. The lowest BCUT2D eigenvalue weighted by molar-refractivity contribution is 0.690. The molecule has 4 heteroatoms. The van der Waals surface area contributed by atoms with Gasteiger partial charge in [-0.15, -0.1) is 11.3 Å². The molecule has 0 amide bonds. The molecule has 0 aliphatic rings. The van der Waals surface area contributed by atoms with E-state index in [2.05, 4.69) is 45.5 Å². The molecule has 0 aliphatic heterocycles. The standard InChI is InChI=1S/C14H15BrClNS/c1-10-2-3-11(8-13(10)16)9-17-7-6-12-4-5-14(15)18-12/h2-5,8,17H,6-7,9H2,1H3. The van der Waals surface area contributed by atoms with Gasteiger partial charge in [0.25, 0.3) is 0 Å². The van der Waals surface area contributed by atoms with Crippen LogP contribution in [0, 0.1) is 6.92 Å². The van der Waals surface area contributed by atoms with Gasteiger partial charge >= 0.3 is 0 Å². The lowest BCUT2D eigenvalue weighted by Gasteiger charge is -2.06. The van der Waals surface area contributed by atoms with Crippen molar-refractivity contribution >= 4 is 38.9 Å². The maximum Gasteiger partial charge on any atom is 0.0701 e. The summed E-state index contributed by atoms with van der Waals surface area (Å²) in [5, 5.41) is 4.28. The molecule has 0 unspecified atom stereocenters. The molecule has 1 N–H and O–H groups in total. The maximum absolute atomic E-state index is 6.09. The maximum atomic E-state index is 6.09. The summed E-state index contributed by atoms with van der Waals surface area (Å²) in [6.45, 7) is 3.87. The van der Waals surface area contributed by atoms with Crippen LogP contribution >= 0.6 is 38.9 Å². The highest BCUT2D eigenvalue weighted by Gasteiger charge is 1.99. The van der Waals surface area contributed by atoms with Crippen LogP contribution < -0.4 is 5.32 Å². The van der Waals surface area contributed by atoms with E-state index in [-0.39, 0.29) is 0 Å². The minimum Gasteiger partial charge on any atom is -0.312 e. The Balaban J connectivity index is 1.76. The van der Waals surface area contributed by atoms with Crippen LogP contribution in [0.25, 0.3) is 0 Å². The number of hydrogen-bond donors (Lipinski definition) is 1. The minimum atomic E-state index is 0.844. The number of thiophene rings is 1. The van der Waals surface area contributed by atoms with Crippen molar-refractivity contribution in [2.24, 2.45) is 0 Å². The zero-order valence-corrected chi connectivity index (χ0v) is 13.3. The van der Waals surface area contributed by atoms with E-state index in [1.807, 2.05) is 13.0 Å². The number of hydrogen-bond acceptors (Lipinski definition) is 2. The van der Waals surface area contributed by atoms with Crippen molar-refractivity contribution in [1.82, 2.24) is 5.32 Å². The van der Waals surface area contributed by atoms with Gasteiger partial charge in [-0.2, -0.15) is 0 Å². The summed E-state index contributed by atoms with van der Waals surface area (Å²) in [5.74, 6) is 0. The molecule has 0 bridgehead atoms. The Kier molecular flexibility index (Phi) is 5.25. The van der Waals surface area contributed by atoms with Crippen LogP contribution in [0.5, 0.6) is 0 Å². The molecular weight excluding hydrogens is 330 g/mol. The van der Waals surface area contributed by atoms with Gasteiger partial charge in [0, 0.05) is 23.0 Å². The summed E-state index contributed by atoms with van der Waals surface area (Å²) in [4.78, 5) is 1.40. The predicted octanol–water partition coefficient (Wildman–Crippen LogP) is 4.80. The molecule has 1 aromatic carbocycles. The normalized spacial score (nSPS) is 10.8. The fourth-order valence-electron chi connectivity index (χ4n) is 1.68. The highest BCUT2D eigenvalue weighted by molar-refractivity contribution is 9.11. The molecule has 0 saturated carbocycles. The van der Waals surface area contributed by atoms with Gasteiger partial charge in [-0.05, 0) is 58.6 Å². The Bertz CT molecular complexity index is 524. The first-order valence-corrected chi connectivity index (χ1v) is 7.84. The zero-order chi connectivity index (χ0) is 13.0. The lowest BCUT2D eigenvalue weighted by Crippen LogP contribution is -2.16. The van der Waals surface area contributed by atoms with Crippen LogP contribution in [0.15, 0.2) is 34.1 Å². The fourth-order valence-corrected chi connectivity index (χ4v) is 3.36. The molecule has 1 aromatic heterocycles. The Morgan fingerprint density at radius 1 is 1.28 bits per heavy atom. The third kappa shape index (κ3) is 4.09. The van der Waals surface area contributed by atoms with Crippen LogP contribution in [-0.4, -0.2) is 6.54 Å². The van der Waals surface area contributed by atoms with Crippen LogP contribution in [0.2, 0.25) is 5.02 Å². The Morgan fingerprint density at radius 2 is 2.11 bits per heavy atom. The SMILES string of the molecule is Cc1ccc(CNCCc2ccc(Br)s2)cc1Cl. The van der Waals surface area contributed by atoms with Gasteiger partial charge in [0.15, 0.2) is 0 Å². The van der Waals surface area contributed by atoms with E-state index in [9.17, 15) is 0 Å². The highest BCUT2D eigenvalue weighted by atomic mass is 79.9. The molecule has 2 aromatic rings. The molecule has 1 heterocycles. The minimum absolute atomic E-state index is 0.844. The molecule has 2 rings (SSSR count). The predicted molar refractivity (Wildman–Crippen MR) is 83.6 cm³/mol. The van der Waals surface area contributed by atoms with Gasteiger partial charge in [0.05, 0.1) is 3.79 Å². The molecule has 18 heavy (non-hydrogen) atoms. The second kappa shape index (κ2) is 6.71. The van der Waals surface area contributed by atoms with Crippen molar-refractivity contribution in [3.8, 4) is 0 Å². The van der Waals surface area contributed by atoms with Gasteiger partial charge in [-0.1, -0.05) is 23.7 Å². The third-order valence-corrected chi connectivity index (χ3v) is 4.83. The van der Waals surface area contributed by atoms with Gasteiger partial charge in [0.2, 0.25) is 0 Å². The first-order valence-electron chi connectivity index (χ1n) is 5.85. The molecule has 0 saturated heterocycles. The van der Waals surface area contributed by atoms with E-state index in [1.165, 1.54) is 14.2 Å². The van der Waals surface area contributed by atoms with Crippen LogP contribution in [0.4, 0.5) is 0 Å². The fraction of sp³-hybridized carbons (Fsp3) is 0.286. The second-order valence-electron chi connectivity index (χ2n) is 4.22.